The van der Waals surface area contributed by atoms with Crippen LogP contribution in [-0.2, 0) is 9.59 Å². The van der Waals surface area contributed by atoms with Gasteiger partial charge < -0.3 is 5.32 Å². The van der Waals surface area contributed by atoms with E-state index in [-0.39, 0.29) is 23.7 Å². The van der Waals surface area contributed by atoms with Crippen LogP contribution in [0.4, 0.5) is 5.69 Å². The summed E-state index contributed by atoms with van der Waals surface area (Å²) in [6.07, 6.45) is 4.43. The first-order valence-corrected chi connectivity index (χ1v) is 8.82. The fourth-order valence-electron chi connectivity index (χ4n) is 2.94. The highest BCUT2D eigenvalue weighted by Crippen LogP contribution is 2.20. The third-order valence-corrected chi connectivity index (χ3v) is 4.48. The minimum Gasteiger partial charge on any atom is -0.326 e. The van der Waals surface area contributed by atoms with Crippen molar-refractivity contribution in [3.05, 3.63) is 29.8 Å². The van der Waals surface area contributed by atoms with Crippen LogP contribution in [-0.4, -0.2) is 17.5 Å². The molecule has 0 spiro atoms. The van der Waals surface area contributed by atoms with Crippen molar-refractivity contribution < 1.29 is 9.59 Å². The standard InChI is InChI=1S/C19H27N3O2/c1-4-6-7-14(5-2)19(24)20-16-10-8-15(9-11-16)18-13(3)12-17(23)21-22-18/h8-11,13-14H,4-7,12H2,1-3H3,(H,20,24)(H,21,23). The lowest BCUT2D eigenvalue weighted by Crippen LogP contribution is -2.31. The molecule has 5 nitrogen and oxygen atoms in total. The van der Waals surface area contributed by atoms with Crippen LogP contribution in [0, 0.1) is 11.8 Å². The van der Waals surface area contributed by atoms with Crippen molar-refractivity contribution in [1.82, 2.24) is 5.43 Å². The molecule has 0 saturated carbocycles. The molecule has 1 aromatic carbocycles. The second-order valence-corrected chi connectivity index (χ2v) is 6.45. The number of anilines is 1. The van der Waals surface area contributed by atoms with Crippen molar-refractivity contribution >= 4 is 23.2 Å². The quantitative estimate of drug-likeness (QED) is 0.800. The minimum absolute atomic E-state index is 0.0483. The smallest absolute Gasteiger partial charge is 0.240 e. The summed E-state index contributed by atoms with van der Waals surface area (Å²) in [4.78, 5) is 23.7. The molecule has 2 amide bonds. The fraction of sp³-hybridized carbons (Fsp3) is 0.526. The second kappa shape index (κ2) is 8.62. The van der Waals surface area contributed by atoms with E-state index >= 15 is 0 Å². The van der Waals surface area contributed by atoms with E-state index in [1.807, 2.05) is 31.2 Å². The Labute approximate surface area is 143 Å². The van der Waals surface area contributed by atoms with Gasteiger partial charge in [-0.15, -0.1) is 0 Å². The molecule has 2 N–H and O–H groups in total. The molecule has 1 heterocycles. The van der Waals surface area contributed by atoms with Crippen LogP contribution in [0.25, 0.3) is 0 Å². The fourth-order valence-corrected chi connectivity index (χ4v) is 2.94. The highest BCUT2D eigenvalue weighted by atomic mass is 16.2. The van der Waals surface area contributed by atoms with Crippen LogP contribution in [0.3, 0.4) is 0 Å². The van der Waals surface area contributed by atoms with E-state index in [1.54, 1.807) is 0 Å². The first kappa shape index (κ1) is 18.2. The summed E-state index contributed by atoms with van der Waals surface area (Å²) in [7, 11) is 0. The zero-order valence-corrected chi connectivity index (χ0v) is 14.8. The first-order chi connectivity index (χ1) is 11.5. The molecule has 1 aliphatic rings. The summed E-state index contributed by atoms with van der Waals surface area (Å²) in [6.45, 7) is 6.19. The average Bonchev–Trinajstić information content (AvgIpc) is 2.56. The predicted molar refractivity (Wildman–Crippen MR) is 96.8 cm³/mol. The first-order valence-electron chi connectivity index (χ1n) is 8.82. The number of rotatable bonds is 7. The lowest BCUT2D eigenvalue weighted by atomic mass is 9.94. The Morgan fingerprint density at radius 1 is 1.33 bits per heavy atom. The van der Waals surface area contributed by atoms with Crippen LogP contribution in [0.5, 0.6) is 0 Å². The van der Waals surface area contributed by atoms with Gasteiger partial charge in [-0.05, 0) is 30.5 Å². The molecule has 0 aliphatic carbocycles. The number of hydrazone groups is 1. The van der Waals surface area contributed by atoms with E-state index in [2.05, 4.69) is 29.7 Å². The Morgan fingerprint density at radius 3 is 2.62 bits per heavy atom. The van der Waals surface area contributed by atoms with Gasteiger partial charge >= 0.3 is 0 Å². The Balaban J connectivity index is 2.01. The van der Waals surface area contributed by atoms with E-state index in [4.69, 9.17) is 0 Å². The SMILES string of the molecule is CCCCC(CC)C(=O)Nc1ccc(C2=NNC(=O)CC2C)cc1. The minimum atomic E-state index is -0.0483. The lowest BCUT2D eigenvalue weighted by molar-refractivity contribution is -0.122. The molecule has 0 radical (unpaired) electrons. The normalized spacial score (nSPS) is 18.5. The maximum Gasteiger partial charge on any atom is 0.240 e. The molecule has 24 heavy (non-hydrogen) atoms. The lowest BCUT2D eigenvalue weighted by Gasteiger charge is -2.19. The molecule has 0 saturated heterocycles. The van der Waals surface area contributed by atoms with Crippen LogP contribution in [0.15, 0.2) is 29.4 Å². The van der Waals surface area contributed by atoms with E-state index < -0.39 is 0 Å². The summed E-state index contributed by atoms with van der Waals surface area (Å²) < 4.78 is 0. The predicted octanol–water partition coefficient (Wildman–Crippen LogP) is 3.70. The number of benzene rings is 1. The van der Waals surface area contributed by atoms with Crippen LogP contribution < -0.4 is 10.7 Å². The Kier molecular flexibility index (Phi) is 6.53. The summed E-state index contributed by atoms with van der Waals surface area (Å²) >= 11 is 0. The molecule has 0 aromatic heterocycles. The number of carbonyl (C=O) groups is 2. The van der Waals surface area contributed by atoms with E-state index in [1.165, 1.54) is 0 Å². The van der Waals surface area contributed by atoms with Crippen molar-refractivity contribution in [3.63, 3.8) is 0 Å². The van der Waals surface area contributed by atoms with Gasteiger partial charge in [-0.25, -0.2) is 5.43 Å². The zero-order valence-electron chi connectivity index (χ0n) is 14.8. The molecule has 0 bridgehead atoms. The number of hydrogen-bond donors (Lipinski definition) is 2. The summed E-state index contributed by atoms with van der Waals surface area (Å²) in [5.41, 5.74) is 5.17. The van der Waals surface area contributed by atoms with Gasteiger partial charge in [0.1, 0.15) is 0 Å². The van der Waals surface area contributed by atoms with Crippen molar-refractivity contribution in [1.29, 1.82) is 0 Å². The summed E-state index contributed by atoms with van der Waals surface area (Å²) in [5.74, 6) is 0.211. The molecular formula is C19H27N3O2. The van der Waals surface area contributed by atoms with Crippen LogP contribution in [0.2, 0.25) is 0 Å². The maximum absolute atomic E-state index is 12.3. The Morgan fingerprint density at radius 2 is 2.04 bits per heavy atom. The molecule has 2 atom stereocenters. The van der Waals surface area contributed by atoms with Gasteiger partial charge in [0.25, 0.3) is 0 Å². The Hall–Kier alpha value is -2.17. The topological polar surface area (TPSA) is 70.6 Å². The molecule has 2 rings (SSSR count). The molecule has 2 unspecified atom stereocenters. The molecule has 130 valence electrons. The van der Waals surface area contributed by atoms with E-state index in [0.717, 1.165) is 42.6 Å². The highest BCUT2D eigenvalue weighted by Gasteiger charge is 2.21. The molecular weight excluding hydrogens is 302 g/mol. The van der Waals surface area contributed by atoms with Crippen molar-refractivity contribution in [3.8, 4) is 0 Å². The monoisotopic (exact) mass is 329 g/mol. The summed E-state index contributed by atoms with van der Waals surface area (Å²) in [5, 5.41) is 7.16. The van der Waals surface area contributed by atoms with Crippen molar-refractivity contribution in [2.45, 2.75) is 52.9 Å². The van der Waals surface area contributed by atoms with E-state index in [9.17, 15) is 9.59 Å². The average molecular weight is 329 g/mol. The number of nitrogens with zero attached hydrogens (tertiary/aromatic N) is 1. The van der Waals surface area contributed by atoms with Crippen molar-refractivity contribution in [2.24, 2.45) is 16.9 Å². The number of unbranched alkanes of at least 4 members (excludes halogenated alkanes) is 1. The van der Waals surface area contributed by atoms with Gasteiger partial charge in [-0.2, -0.15) is 5.10 Å². The molecule has 5 heteroatoms. The third-order valence-electron chi connectivity index (χ3n) is 4.48. The molecule has 1 aromatic rings. The number of carbonyl (C=O) groups excluding carboxylic acids is 2. The zero-order chi connectivity index (χ0) is 17.5. The van der Waals surface area contributed by atoms with Gasteiger partial charge in [-0.3, -0.25) is 9.59 Å². The number of amides is 2. The van der Waals surface area contributed by atoms with Gasteiger partial charge in [0.05, 0.1) is 5.71 Å². The van der Waals surface area contributed by atoms with Crippen LogP contribution in [0.1, 0.15) is 58.4 Å². The molecule has 0 fully saturated rings. The van der Waals surface area contributed by atoms with E-state index in [0.29, 0.717) is 6.42 Å². The Bertz CT molecular complexity index is 608. The second-order valence-electron chi connectivity index (χ2n) is 6.45. The number of nitrogens with one attached hydrogen (secondary N) is 2. The van der Waals surface area contributed by atoms with Gasteiger partial charge in [0.15, 0.2) is 0 Å². The van der Waals surface area contributed by atoms with Crippen LogP contribution >= 0.6 is 0 Å². The van der Waals surface area contributed by atoms with Crippen molar-refractivity contribution in [2.75, 3.05) is 5.32 Å². The maximum atomic E-state index is 12.3. The van der Waals surface area contributed by atoms with Gasteiger partial charge in [0.2, 0.25) is 11.8 Å². The summed E-state index contributed by atoms with van der Waals surface area (Å²) in [6, 6.07) is 7.67. The third kappa shape index (κ3) is 4.66. The largest absolute Gasteiger partial charge is 0.326 e. The van der Waals surface area contributed by atoms with Gasteiger partial charge in [-0.1, -0.05) is 45.7 Å². The highest BCUT2D eigenvalue weighted by molar-refractivity contribution is 6.06. The molecule has 1 aliphatic heterocycles. The number of hydrogen-bond acceptors (Lipinski definition) is 3. The van der Waals surface area contributed by atoms with Gasteiger partial charge in [0, 0.05) is 23.9 Å².